The van der Waals surface area contributed by atoms with Crippen LogP contribution in [0, 0.1) is 0 Å². The number of rotatable bonds is 4. The first-order chi connectivity index (χ1) is 15.0. The van der Waals surface area contributed by atoms with Crippen LogP contribution in [0.5, 0.6) is 0 Å². The van der Waals surface area contributed by atoms with E-state index >= 15 is 0 Å². The highest BCUT2D eigenvalue weighted by molar-refractivity contribution is 5.98. The van der Waals surface area contributed by atoms with Crippen molar-refractivity contribution < 1.29 is 14.4 Å². The molecule has 0 spiro atoms. The molecule has 8 nitrogen and oxygen atoms in total. The number of aromatic nitrogens is 1. The molecular formula is C23H25N5O3. The summed E-state index contributed by atoms with van der Waals surface area (Å²) in [5.74, 6) is -0.362. The molecule has 1 fully saturated rings. The van der Waals surface area contributed by atoms with Gasteiger partial charge in [-0.05, 0) is 31.2 Å². The predicted octanol–water partition coefficient (Wildman–Crippen LogP) is 2.66. The van der Waals surface area contributed by atoms with Gasteiger partial charge < -0.3 is 25.4 Å². The average Bonchev–Trinajstić information content (AvgIpc) is 3.23. The Balaban J connectivity index is 1.28. The van der Waals surface area contributed by atoms with Gasteiger partial charge in [0, 0.05) is 42.8 Å². The third-order valence-corrected chi connectivity index (χ3v) is 5.39. The first-order valence-corrected chi connectivity index (χ1v) is 10.3. The fourth-order valence-electron chi connectivity index (χ4n) is 3.59. The number of anilines is 1. The normalized spacial score (nSPS) is 14.9. The van der Waals surface area contributed by atoms with Crippen LogP contribution in [-0.4, -0.2) is 64.9 Å². The highest BCUT2D eigenvalue weighted by Gasteiger charge is 2.27. The number of H-pyrrole nitrogens is 1. The Morgan fingerprint density at radius 3 is 2.26 bits per heavy atom. The zero-order valence-electron chi connectivity index (χ0n) is 17.3. The van der Waals surface area contributed by atoms with Crippen molar-refractivity contribution in [3.05, 3.63) is 66.4 Å². The Bertz CT molecular complexity index is 1050. The van der Waals surface area contributed by atoms with Crippen LogP contribution >= 0.6 is 0 Å². The van der Waals surface area contributed by atoms with E-state index in [0.29, 0.717) is 37.6 Å². The van der Waals surface area contributed by atoms with E-state index in [1.54, 1.807) is 28.9 Å². The molecule has 160 valence electrons. The van der Waals surface area contributed by atoms with Crippen LogP contribution in [0.4, 0.5) is 10.5 Å². The molecule has 4 amide bonds. The molecule has 1 aliphatic rings. The number of benzene rings is 2. The van der Waals surface area contributed by atoms with E-state index in [1.807, 2.05) is 48.5 Å². The molecule has 0 saturated carbocycles. The second kappa shape index (κ2) is 8.91. The van der Waals surface area contributed by atoms with Crippen LogP contribution in [-0.2, 0) is 4.79 Å². The zero-order valence-corrected chi connectivity index (χ0v) is 17.3. The molecule has 1 atom stereocenters. The van der Waals surface area contributed by atoms with Gasteiger partial charge in [-0.1, -0.05) is 36.4 Å². The average molecular weight is 419 g/mol. The molecule has 0 radical (unpaired) electrons. The number of aromatic amines is 1. The summed E-state index contributed by atoms with van der Waals surface area (Å²) in [6.07, 6.45) is 0. The molecule has 31 heavy (non-hydrogen) atoms. The Morgan fingerprint density at radius 2 is 1.55 bits per heavy atom. The van der Waals surface area contributed by atoms with E-state index in [-0.39, 0.29) is 17.8 Å². The van der Waals surface area contributed by atoms with Gasteiger partial charge >= 0.3 is 6.03 Å². The van der Waals surface area contributed by atoms with Crippen LogP contribution in [0.1, 0.15) is 17.4 Å². The number of carbonyl (C=O) groups is 3. The van der Waals surface area contributed by atoms with Crippen molar-refractivity contribution in [1.82, 2.24) is 20.1 Å². The Labute approximate surface area is 180 Å². The molecule has 1 unspecified atom stereocenters. The van der Waals surface area contributed by atoms with Crippen LogP contribution in [0.25, 0.3) is 10.9 Å². The number of piperazine rings is 1. The summed E-state index contributed by atoms with van der Waals surface area (Å²) in [5, 5.41) is 6.49. The lowest BCUT2D eigenvalue weighted by Crippen LogP contribution is -2.55. The molecule has 1 aliphatic heterocycles. The maximum Gasteiger partial charge on any atom is 0.318 e. The summed E-state index contributed by atoms with van der Waals surface area (Å²) >= 11 is 0. The second-order valence-corrected chi connectivity index (χ2v) is 7.58. The number of nitrogens with zero attached hydrogens (tertiary/aromatic N) is 2. The summed E-state index contributed by atoms with van der Waals surface area (Å²) in [5.41, 5.74) is 2.15. The molecular weight excluding hydrogens is 394 g/mol. The van der Waals surface area contributed by atoms with Crippen LogP contribution < -0.4 is 10.6 Å². The molecule has 0 bridgehead atoms. The van der Waals surface area contributed by atoms with Crippen molar-refractivity contribution >= 4 is 34.4 Å². The minimum Gasteiger partial charge on any atom is -0.351 e. The Morgan fingerprint density at radius 1 is 0.903 bits per heavy atom. The molecule has 2 heterocycles. The first kappa shape index (κ1) is 20.5. The first-order valence-electron chi connectivity index (χ1n) is 10.3. The molecule has 1 aromatic heterocycles. The monoisotopic (exact) mass is 419 g/mol. The Kier molecular flexibility index (Phi) is 5.88. The van der Waals surface area contributed by atoms with E-state index in [0.717, 1.165) is 10.9 Å². The SMILES string of the molecule is CC(NC(=O)N1CCN(C(=O)c2cc3ccccc3[nH]2)CC1)C(=O)Nc1ccccc1. The minimum atomic E-state index is -0.682. The van der Waals surface area contributed by atoms with Gasteiger partial charge in [-0.3, -0.25) is 9.59 Å². The maximum absolute atomic E-state index is 12.8. The Hall–Kier alpha value is -3.81. The maximum atomic E-state index is 12.8. The number of para-hydroxylation sites is 2. The van der Waals surface area contributed by atoms with E-state index in [1.165, 1.54) is 0 Å². The lowest BCUT2D eigenvalue weighted by Gasteiger charge is -2.35. The predicted molar refractivity (Wildman–Crippen MR) is 119 cm³/mol. The molecule has 3 aromatic rings. The quantitative estimate of drug-likeness (QED) is 0.606. The van der Waals surface area contributed by atoms with E-state index < -0.39 is 6.04 Å². The third kappa shape index (κ3) is 4.69. The number of hydrogen-bond acceptors (Lipinski definition) is 3. The molecule has 0 aliphatic carbocycles. The topological polar surface area (TPSA) is 97.5 Å². The van der Waals surface area contributed by atoms with Crippen LogP contribution in [0.15, 0.2) is 60.7 Å². The fourth-order valence-corrected chi connectivity index (χ4v) is 3.59. The fraction of sp³-hybridized carbons (Fsp3) is 0.261. The lowest BCUT2D eigenvalue weighted by atomic mass is 10.2. The van der Waals surface area contributed by atoms with E-state index in [4.69, 9.17) is 0 Å². The van der Waals surface area contributed by atoms with Gasteiger partial charge in [0.15, 0.2) is 0 Å². The number of nitrogens with one attached hydrogen (secondary N) is 3. The van der Waals surface area contributed by atoms with Crippen molar-refractivity contribution in [2.24, 2.45) is 0 Å². The smallest absolute Gasteiger partial charge is 0.318 e. The lowest BCUT2D eigenvalue weighted by molar-refractivity contribution is -0.117. The van der Waals surface area contributed by atoms with Crippen molar-refractivity contribution in [3.63, 3.8) is 0 Å². The van der Waals surface area contributed by atoms with E-state index in [2.05, 4.69) is 15.6 Å². The highest BCUT2D eigenvalue weighted by Crippen LogP contribution is 2.17. The van der Waals surface area contributed by atoms with E-state index in [9.17, 15) is 14.4 Å². The van der Waals surface area contributed by atoms with Crippen molar-refractivity contribution in [2.45, 2.75) is 13.0 Å². The second-order valence-electron chi connectivity index (χ2n) is 7.58. The molecule has 3 N–H and O–H groups in total. The van der Waals surface area contributed by atoms with Crippen molar-refractivity contribution in [1.29, 1.82) is 0 Å². The van der Waals surface area contributed by atoms with Gasteiger partial charge in [-0.2, -0.15) is 0 Å². The van der Waals surface area contributed by atoms with Crippen LogP contribution in [0.3, 0.4) is 0 Å². The summed E-state index contributed by atoms with van der Waals surface area (Å²) in [6.45, 7) is 3.33. The number of amides is 4. The molecule has 8 heteroatoms. The summed E-state index contributed by atoms with van der Waals surface area (Å²) in [6, 6.07) is 17.7. The van der Waals surface area contributed by atoms with Gasteiger partial charge in [-0.25, -0.2) is 4.79 Å². The largest absolute Gasteiger partial charge is 0.351 e. The van der Waals surface area contributed by atoms with Gasteiger partial charge in [-0.15, -0.1) is 0 Å². The van der Waals surface area contributed by atoms with Crippen molar-refractivity contribution in [2.75, 3.05) is 31.5 Å². The molecule has 2 aromatic carbocycles. The standard InChI is InChI=1S/C23H25N5O3/c1-16(21(29)25-18-8-3-2-4-9-18)24-23(31)28-13-11-27(12-14-28)22(30)20-15-17-7-5-6-10-19(17)26-20/h2-10,15-16,26H,11-14H2,1H3,(H,24,31)(H,25,29). The van der Waals surface area contributed by atoms with Gasteiger partial charge in [0.25, 0.3) is 5.91 Å². The number of hydrogen-bond donors (Lipinski definition) is 3. The summed E-state index contributed by atoms with van der Waals surface area (Å²) in [4.78, 5) is 44.2. The highest BCUT2D eigenvalue weighted by atomic mass is 16.2. The third-order valence-electron chi connectivity index (χ3n) is 5.39. The van der Waals surface area contributed by atoms with Gasteiger partial charge in [0.05, 0.1) is 0 Å². The van der Waals surface area contributed by atoms with Gasteiger partial charge in [0.2, 0.25) is 5.91 Å². The minimum absolute atomic E-state index is 0.0770. The van der Waals surface area contributed by atoms with Gasteiger partial charge in [0.1, 0.15) is 11.7 Å². The summed E-state index contributed by atoms with van der Waals surface area (Å²) in [7, 11) is 0. The number of urea groups is 1. The van der Waals surface area contributed by atoms with Crippen molar-refractivity contribution in [3.8, 4) is 0 Å². The molecule has 4 rings (SSSR count). The van der Waals surface area contributed by atoms with Crippen LogP contribution in [0.2, 0.25) is 0 Å². The molecule has 1 saturated heterocycles. The zero-order chi connectivity index (χ0) is 21.8. The number of carbonyl (C=O) groups excluding carboxylic acids is 3. The number of fused-ring (bicyclic) bond motifs is 1. The summed E-state index contributed by atoms with van der Waals surface area (Å²) < 4.78 is 0.